The molecular weight excluding hydrogens is 138 g/mol. The Balaban J connectivity index is 2.52. The lowest BCUT2D eigenvalue weighted by Gasteiger charge is -2.03. The van der Waals surface area contributed by atoms with Gasteiger partial charge in [0.1, 0.15) is 5.82 Å². The zero-order valence-corrected chi connectivity index (χ0v) is 6.46. The van der Waals surface area contributed by atoms with Gasteiger partial charge in [-0.25, -0.2) is 4.98 Å². The fourth-order valence-corrected chi connectivity index (χ4v) is 1.44. The summed E-state index contributed by atoms with van der Waals surface area (Å²) in [5.74, 6) is 0.610. The Morgan fingerprint density at radius 1 is 1.73 bits per heavy atom. The molecule has 1 aromatic heterocycles. The van der Waals surface area contributed by atoms with Crippen molar-refractivity contribution in [3.8, 4) is 0 Å². The van der Waals surface area contributed by atoms with Crippen molar-refractivity contribution in [2.75, 3.05) is 5.73 Å². The van der Waals surface area contributed by atoms with Gasteiger partial charge in [0.05, 0.1) is 0 Å². The summed E-state index contributed by atoms with van der Waals surface area (Å²) in [6, 6.07) is 2.37. The molecule has 0 amide bonds. The van der Waals surface area contributed by atoms with Crippen LogP contribution in [0.15, 0.2) is 12.3 Å². The quantitative estimate of drug-likeness (QED) is 0.574. The molecule has 58 valence electrons. The lowest BCUT2D eigenvalue weighted by Crippen LogP contribution is -2.07. The van der Waals surface area contributed by atoms with Crippen molar-refractivity contribution in [1.29, 1.82) is 0 Å². The highest BCUT2D eigenvalue weighted by molar-refractivity contribution is 5.40. The van der Waals surface area contributed by atoms with Crippen molar-refractivity contribution in [3.05, 3.63) is 23.4 Å². The molecule has 0 saturated heterocycles. The maximum Gasteiger partial charge on any atom is 0.123 e. The van der Waals surface area contributed by atoms with Gasteiger partial charge in [-0.1, -0.05) is 0 Å². The van der Waals surface area contributed by atoms with Gasteiger partial charge in [-0.3, -0.25) is 0 Å². The predicted molar refractivity (Wildman–Crippen MR) is 43.9 cm³/mol. The summed E-state index contributed by atoms with van der Waals surface area (Å²) in [7, 11) is 0. The highest BCUT2D eigenvalue weighted by Crippen LogP contribution is 2.24. The summed E-state index contributed by atoms with van der Waals surface area (Å²) in [6.07, 6.45) is 1.85. The highest BCUT2D eigenvalue weighted by Gasteiger charge is 2.17. The molecule has 3 heteroatoms. The number of rotatable bonds is 0. The van der Waals surface area contributed by atoms with Crippen molar-refractivity contribution in [3.63, 3.8) is 0 Å². The van der Waals surface area contributed by atoms with Crippen LogP contribution in [-0.2, 0) is 6.54 Å². The minimum absolute atomic E-state index is 0.426. The van der Waals surface area contributed by atoms with Gasteiger partial charge in [-0.15, -0.1) is 0 Å². The number of anilines is 1. The largest absolute Gasteiger partial charge is 0.384 e. The minimum Gasteiger partial charge on any atom is -0.384 e. The van der Waals surface area contributed by atoms with Crippen molar-refractivity contribution >= 4 is 5.82 Å². The van der Waals surface area contributed by atoms with E-state index in [1.165, 1.54) is 11.1 Å². The Kier molecular flexibility index (Phi) is 1.32. The monoisotopic (exact) mass is 149 g/mol. The van der Waals surface area contributed by atoms with Gasteiger partial charge < -0.3 is 11.1 Å². The first kappa shape index (κ1) is 6.61. The second-order valence-corrected chi connectivity index (χ2v) is 2.91. The number of nitrogen functional groups attached to an aromatic ring is 1. The van der Waals surface area contributed by atoms with E-state index in [2.05, 4.69) is 17.2 Å². The zero-order valence-electron chi connectivity index (χ0n) is 6.46. The molecule has 0 radical (unpaired) electrons. The normalized spacial score (nSPS) is 21.7. The van der Waals surface area contributed by atoms with E-state index in [4.69, 9.17) is 5.73 Å². The second-order valence-electron chi connectivity index (χ2n) is 2.91. The number of nitrogens with two attached hydrogens (primary N) is 1. The van der Waals surface area contributed by atoms with Crippen LogP contribution in [0.5, 0.6) is 0 Å². The number of nitrogens with zero attached hydrogens (tertiary/aromatic N) is 1. The Bertz CT molecular complexity index is 283. The van der Waals surface area contributed by atoms with Gasteiger partial charge in [0.25, 0.3) is 0 Å². The van der Waals surface area contributed by atoms with Crippen LogP contribution in [-0.4, -0.2) is 4.98 Å². The van der Waals surface area contributed by atoms with Crippen LogP contribution in [0.3, 0.4) is 0 Å². The van der Waals surface area contributed by atoms with E-state index in [1.54, 1.807) is 0 Å². The molecule has 0 spiro atoms. The molecular formula is C8H11N3. The number of nitrogens with one attached hydrogen (secondary N) is 1. The molecule has 0 aromatic carbocycles. The van der Waals surface area contributed by atoms with E-state index in [0.29, 0.717) is 11.9 Å². The molecule has 11 heavy (non-hydrogen) atoms. The van der Waals surface area contributed by atoms with E-state index in [9.17, 15) is 0 Å². The molecule has 1 unspecified atom stereocenters. The Morgan fingerprint density at radius 3 is 3.36 bits per heavy atom. The molecule has 3 N–H and O–H groups in total. The third kappa shape index (κ3) is 0.973. The van der Waals surface area contributed by atoms with Crippen molar-refractivity contribution in [2.45, 2.75) is 19.5 Å². The van der Waals surface area contributed by atoms with Crippen LogP contribution in [0.2, 0.25) is 0 Å². The van der Waals surface area contributed by atoms with Crippen LogP contribution in [0.4, 0.5) is 5.82 Å². The molecule has 0 saturated carbocycles. The van der Waals surface area contributed by atoms with E-state index < -0.39 is 0 Å². The van der Waals surface area contributed by atoms with Gasteiger partial charge in [-0.2, -0.15) is 0 Å². The SMILES string of the molecule is CC1NCc2cnc(N)cc21. The summed E-state index contributed by atoms with van der Waals surface area (Å²) in [5.41, 5.74) is 8.11. The van der Waals surface area contributed by atoms with Crippen molar-refractivity contribution in [1.82, 2.24) is 10.3 Å². The molecule has 2 heterocycles. The number of hydrogen-bond acceptors (Lipinski definition) is 3. The van der Waals surface area contributed by atoms with E-state index >= 15 is 0 Å². The summed E-state index contributed by atoms with van der Waals surface area (Å²) in [4.78, 5) is 4.02. The Morgan fingerprint density at radius 2 is 2.55 bits per heavy atom. The van der Waals surface area contributed by atoms with E-state index in [-0.39, 0.29) is 0 Å². The van der Waals surface area contributed by atoms with Crippen LogP contribution in [0.1, 0.15) is 24.1 Å². The fourth-order valence-electron chi connectivity index (χ4n) is 1.44. The molecule has 3 nitrogen and oxygen atoms in total. The third-order valence-corrected chi connectivity index (χ3v) is 2.11. The van der Waals surface area contributed by atoms with Gasteiger partial charge in [0.2, 0.25) is 0 Å². The molecule has 0 bridgehead atoms. The number of hydrogen-bond donors (Lipinski definition) is 2. The lowest BCUT2D eigenvalue weighted by atomic mass is 10.1. The molecule has 1 aromatic rings. The summed E-state index contributed by atoms with van der Waals surface area (Å²) < 4.78 is 0. The van der Waals surface area contributed by atoms with E-state index in [0.717, 1.165) is 6.54 Å². The lowest BCUT2D eigenvalue weighted by molar-refractivity contribution is 0.633. The zero-order chi connectivity index (χ0) is 7.84. The van der Waals surface area contributed by atoms with Gasteiger partial charge in [-0.05, 0) is 24.1 Å². The highest BCUT2D eigenvalue weighted by atomic mass is 14.9. The molecule has 1 aliphatic heterocycles. The predicted octanol–water partition coefficient (Wildman–Crippen LogP) is 0.828. The molecule has 2 rings (SSSR count). The minimum atomic E-state index is 0.426. The van der Waals surface area contributed by atoms with Crippen LogP contribution >= 0.6 is 0 Å². The van der Waals surface area contributed by atoms with Gasteiger partial charge in [0.15, 0.2) is 0 Å². The molecule has 1 atom stereocenters. The maximum absolute atomic E-state index is 5.55. The first-order chi connectivity index (χ1) is 5.27. The molecule has 0 fully saturated rings. The maximum atomic E-state index is 5.55. The fraction of sp³-hybridized carbons (Fsp3) is 0.375. The third-order valence-electron chi connectivity index (χ3n) is 2.11. The number of pyridine rings is 1. The first-order valence-electron chi connectivity index (χ1n) is 3.75. The van der Waals surface area contributed by atoms with Crippen LogP contribution < -0.4 is 11.1 Å². The van der Waals surface area contributed by atoms with Gasteiger partial charge >= 0.3 is 0 Å². The first-order valence-corrected chi connectivity index (χ1v) is 3.75. The van der Waals surface area contributed by atoms with Crippen molar-refractivity contribution < 1.29 is 0 Å². The Hall–Kier alpha value is -1.09. The van der Waals surface area contributed by atoms with Crippen LogP contribution in [0.25, 0.3) is 0 Å². The van der Waals surface area contributed by atoms with Crippen LogP contribution in [0, 0.1) is 0 Å². The standard InChI is InChI=1S/C8H11N3/c1-5-7-2-8(9)11-4-6(7)3-10-5/h2,4-5,10H,3H2,1H3,(H2,9,11). The summed E-state index contributed by atoms with van der Waals surface area (Å²) in [5, 5.41) is 3.32. The average molecular weight is 149 g/mol. The van der Waals surface area contributed by atoms with Gasteiger partial charge in [0, 0.05) is 18.8 Å². The second kappa shape index (κ2) is 2.20. The Labute approximate surface area is 65.6 Å². The topological polar surface area (TPSA) is 50.9 Å². The number of aromatic nitrogens is 1. The molecule has 0 aliphatic carbocycles. The summed E-state index contributed by atoms with van der Waals surface area (Å²) in [6.45, 7) is 3.05. The molecule has 1 aliphatic rings. The van der Waals surface area contributed by atoms with Crippen molar-refractivity contribution in [2.24, 2.45) is 0 Å². The summed E-state index contributed by atoms with van der Waals surface area (Å²) >= 11 is 0. The smallest absolute Gasteiger partial charge is 0.123 e. The van der Waals surface area contributed by atoms with E-state index in [1.807, 2.05) is 12.3 Å². The average Bonchev–Trinajstić information content (AvgIpc) is 2.33. The number of fused-ring (bicyclic) bond motifs is 1.